The Balaban J connectivity index is 2.00. The summed E-state index contributed by atoms with van der Waals surface area (Å²) in [5.41, 5.74) is 7.71. The summed E-state index contributed by atoms with van der Waals surface area (Å²) < 4.78 is 0. The maximum Gasteiger partial charge on any atom is 0.0407 e. The lowest BCUT2D eigenvalue weighted by Gasteiger charge is -2.46. The highest BCUT2D eigenvalue weighted by Gasteiger charge is 2.34. The lowest BCUT2D eigenvalue weighted by Crippen LogP contribution is -2.59. The zero-order valence-corrected chi connectivity index (χ0v) is 14.4. The molecule has 1 aromatic carbocycles. The number of benzene rings is 1. The van der Waals surface area contributed by atoms with Gasteiger partial charge in [-0.2, -0.15) is 0 Å². The summed E-state index contributed by atoms with van der Waals surface area (Å²) in [5, 5.41) is 0.794. The van der Waals surface area contributed by atoms with Gasteiger partial charge in [0.15, 0.2) is 0 Å². The Hall–Kier alpha value is -0.770. The highest BCUT2D eigenvalue weighted by molar-refractivity contribution is 6.30. The number of anilines is 1. The van der Waals surface area contributed by atoms with Gasteiger partial charge in [-0.05, 0) is 36.6 Å². The van der Waals surface area contributed by atoms with Crippen molar-refractivity contribution < 1.29 is 0 Å². The van der Waals surface area contributed by atoms with Gasteiger partial charge in [0.05, 0.1) is 0 Å². The minimum Gasteiger partial charge on any atom is -0.369 e. The molecule has 2 N–H and O–H groups in total. The smallest absolute Gasteiger partial charge is 0.0407 e. The average Bonchev–Trinajstić information content (AvgIpc) is 2.38. The molecule has 0 saturated carbocycles. The molecule has 0 aromatic heterocycles. The van der Waals surface area contributed by atoms with E-state index in [1.807, 2.05) is 12.1 Å². The number of nitrogens with two attached hydrogens (primary N) is 1. The number of halogens is 1. The number of piperazine rings is 1. The molecule has 0 aliphatic carbocycles. The van der Waals surface area contributed by atoms with Crippen LogP contribution in [0.2, 0.25) is 5.02 Å². The highest BCUT2D eigenvalue weighted by atomic mass is 35.5. The Labute approximate surface area is 134 Å². The standard InChI is InChI=1S/C17H28ClN3/c1-13(19)16(17(2,3)4)21-11-9-20(10-12-21)15-7-5-14(18)6-8-15/h5-8,13,16H,9-12,19H2,1-4H3. The van der Waals surface area contributed by atoms with Crippen LogP contribution in [-0.2, 0) is 0 Å². The van der Waals surface area contributed by atoms with Crippen LogP contribution in [0.25, 0.3) is 0 Å². The van der Waals surface area contributed by atoms with Crippen LogP contribution in [0.4, 0.5) is 5.69 Å². The third kappa shape index (κ3) is 4.12. The van der Waals surface area contributed by atoms with Gasteiger partial charge in [0.2, 0.25) is 0 Å². The molecule has 1 saturated heterocycles. The topological polar surface area (TPSA) is 32.5 Å². The first-order valence-corrected chi connectivity index (χ1v) is 8.17. The monoisotopic (exact) mass is 309 g/mol. The Morgan fingerprint density at radius 2 is 1.57 bits per heavy atom. The van der Waals surface area contributed by atoms with Gasteiger partial charge in [-0.25, -0.2) is 0 Å². The molecule has 2 rings (SSSR count). The first kappa shape index (κ1) is 16.6. The van der Waals surface area contributed by atoms with E-state index in [0.29, 0.717) is 6.04 Å². The van der Waals surface area contributed by atoms with Gasteiger partial charge >= 0.3 is 0 Å². The van der Waals surface area contributed by atoms with Crippen LogP contribution in [-0.4, -0.2) is 43.2 Å². The fourth-order valence-corrected chi connectivity index (χ4v) is 3.71. The normalized spacial score (nSPS) is 20.4. The predicted octanol–water partition coefficient (Wildman–Crippen LogP) is 3.22. The molecule has 3 nitrogen and oxygen atoms in total. The van der Waals surface area contributed by atoms with Crippen LogP contribution in [0, 0.1) is 5.41 Å². The maximum absolute atomic E-state index is 6.25. The molecule has 1 aliphatic heterocycles. The van der Waals surface area contributed by atoms with E-state index in [2.05, 4.69) is 49.6 Å². The Kier molecular flexibility index (Phi) is 5.18. The molecule has 1 aromatic rings. The molecule has 0 radical (unpaired) electrons. The summed E-state index contributed by atoms with van der Waals surface area (Å²) in [6.07, 6.45) is 0. The molecular formula is C17H28ClN3. The van der Waals surface area contributed by atoms with E-state index in [4.69, 9.17) is 17.3 Å². The van der Waals surface area contributed by atoms with Crippen LogP contribution >= 0.6 is 11.6 Å². The Bertz CT molecular complexity index is 442. The second-order valence-corrected chi connectivity index (χ2v) is 7.61. The third-order valence-electron chi connectivity index (χ3n) is 4.28. The van der Waals surface area contributed by atoms with Gasteiger partial charge < -0.3 is 10.6 Å². The van der Waals surface area contributed by atoms with Gasteiger partial charge in [-0.3, -0.25) is 4.90 Å². The van der Waals surface area contributed by atoms with E-state index in [0.717, 1.165) is 31.2 Å². The molecule has 4 heteroatoms. The summed E-state index contributed by atoms with van der Waals surface area (Å²) in [7, 11) is 0. The summed E-state index contributed by atoms with van der Waals surface area (Å²) in [6.45, 7) is 13.2. The SMILES string of the molecule is CC(N)C(N1CCN(c2ccc(Cl)cc2)CC1)C(C)(C)C. The molecule has 0 bridgehead atoms. The van der Waals surface area contributed by atoms with Crippen molar-refractivity contribution in [2.45, 2.75) is 39.8 Å². The van der Waals surface area contributed by atoms with Crippen molar-refractivity contribution in [2.75, 3.05) is 31.1 Å². The first-order valence-electron chi connectivity index (χ1n) is 7.79. The highest BCUT2D eigenvalue weighted by Crippen LogP contribution is 2.28. The van der Waals surface area contributed by atoms with Crippen molar-refractivity contribution >= 4 is 17.3 Å². The van der Waals surface area contributed by atoms with Crippen molar-refractivity contribution in [2.24, 2.45) is 11.1 Å². The van der Waals surface area contributed by atoms with Gasteiger partial charge in [0, 0.05) is 49.0 Å². The molecule has 0 amide bonds. The van der Waals surface area contributed by atoms with Crippen LogP contribution in [0.5, 0.6) is 0 Å². The van der Waals surface area contributed by atoms with E-state index in [1.54, 1.807) is 0 Å². The molecule has 2 unspecified atom stereocenters. The maximum atomic E-state index is 6.25. The lowest BCUT2D eigenvalue weighted by atomic mass is 9.81. The molecule has 21 heavy (non-hydrogen) atoms. The zero-order valence-electron chi connectivity index (χ0n) is 13.6. The van der Waals surface area contributed by atoms with E-state index >= 15 is 0 Å². The first-order chi connectivity index (χ1) is 9.79. The second-order valence-electron chi connectivity index (χ2n) is 7.17. The van der Waals surface area contributed by atoms with Gasteiger partial charge in [0.1, 0.15) is 0 Å². The molecule has 2 atom stereocenters. The molecule has 0 spiro atoms. The number of hydrogen-bond acceptors (Lipinski definition) is 3. The summed E-state index contributed by atoms with van der Waals surface area (Å²) >= 11 is 5.96. The summed E-state index contributed by atoms with van der Waals surface area (Å²) in [5.74, 6) is 0. The van der Waals surface area contributed by atoms with Crippen molar-refractivity contribution in [1.82, 2.24) is 4.90 Å². The van der Waals surface area contributed by atoms with Crippen LogP contribution < -0.4 is 10.6 Å². The fourth-order valence-electron chi connectivity index (χ4n) is 3.58. The van der Waals surface area contributed by atoms with E-state index in [1.165, 1.54) is 5.69 Å². The fraction of sp³-hybridized carbons (Fsp3) is 0.647. The minimum atomic E-state index is 0.187. The van der Waals surface area contributed by atoms with Crippen molar-refractivity contribution in [1.29, 1.82) is 0 Å². The minimum absolute atomic E-state index is 0.187. The van der Waals surface area contributed by atoms with E-state index in [-0.39, 0.29) is 11.5 Å². The van der Waals surface area contributed by atoms with Gasteiger partial charge in [-0.15, -0.1) is 0 Å². The molecule has 1 heterocycles. The summed E-state index contributed by atoms with van der Waals surface area (Å²) in [4.78, 5) is 4.98. The van der Waals surface area contributed by atoms with Crippen LogP contribution in [0.15, 0.2) is 24.3 Å². The molecule has 1 fully saturated rings. The Morgan fingerprint density at radius 3 is 2.00 bits per heavy atom. The summed E-state index contributed by atoms with van der Waals surface area (Å²) in [6, 6.07) is 8.74. The van der Waals surface area contributed by atoms with Crippen molar-refractivity contribution in [3.8, 4) is 0 Å². The number of hydrogen-bond donors (Lipinski definition) is 1. The predicted molar refractivity (Wildman–Crippen MR) is 92.1 cm³/mol. The quantitative estimate of drug-likeness (QED) is 0.930. The van der Waals surface area contributed by atoms with Crippen molar-refractivity contribution in [3.63, 3.8) is 0 Å². The second kappa shape index (κ2) is 6.55. The molecule has 118 valence electrons. The van der Waals surface area contributed by atoms with Crippen LogP contribution in [0.3, 0.4) is 0 Å². The van der Waals surface area contributed by atoms with Crippen molar-refractivity contribution in [3.05, 3.63) is 29.3 Å². The Morgan fingerprint density at radius 1 is 1.05 bits per heavy atom. The average molecular weight is 310 g/mol. The largest absolute Gasteiger partial charge is 0.369 e. The van der Waals surface area contributed by atoms with Crippen LogP contribution in [0.1, 0.15) is 27.7 Å². The molecular weight excluding hydrogens is 282 g/mol. The van der Waals surface area contributed by atoms with Gasteiger partial charge in [0.25, 0.3) is 0 Å². The zero-order chi connectivity index (χ0) is 15.6. The number of rotatable bonds is 3. The van der Waals surface area contributed by atoms with E-state index in [9.17, 15) is 0 Å². The molecule has 1 aliphatic rings. The number of nitrogens with zero attached hydrogens (tertiary/aromatic N) is 2. The third-order valence-corrected chi connectivity index (χ3v) is 4.54. The van der Waals surface area contributed by atoms with E-state index < -0.39 is 0 Å². The lowest BCUT2D eigenvalue weighted by molar-refractivity contribution is 0.0766. The van der Waals surface area contributed by atoms with Gasteiger partial charge in [-0.1, -0.05) is 32.4 Å².